The molecule has 0 saturated carbocycles. The number of nitrogen functional groups attached to an aromatic ring is 1. The number of anilines is 3. The molecule has 0 spiro atoms. The third-order valence-corrected chi connectivity index (χ3v) is 6.53. The van der Waals surface area contributed by atoms with Crippen molar-refractivity contribution in [2.75, 3.05) is 55.8 Å². The molecule has 3 aromatic rings. The number of benzene rings is 3. The number of halogens is 3. The van der Waals surface area contributed by atoms with E-state index in [0.29, 0.717) is 54.5 Å². The van der Waals surface area contributed by atoms with Gasteiger partial charge in [0, 0.05) is 37.9 Å². The van der Waals surface area contributed by atoms with Gasteiger partial charge in [0.2, 0.25) is 11.8 Å². The van der Waals surface area contributed by atoms with Gasteiger partial charge in [-0.25, -0.2) is 0 Å². The molecule has 216 valence electrons. The highest BCUT2D eigenvalue weighted by atomic mass is 19.4. The zero-order valence-corrected chi connectivity index (χ0v) is 22.3. The Morgan fingerprint density at radius 3 is 2.32 bits per heavy atom. The van der Waals surface area contributed by atoms with Crippen LogP contribution in [0.1, 0.15) is 22.7 Å². The smallest absolute Gasteiger partial charge is 0.397 e. The van der Waals surface area contributed by atoms with Gasteiger partial charge in [-0.05, 0) is 53.6 Å². The minimum Gasteiger partial charge on any atom is -0.397 e. The fourth-order valence-electron chi connectivity index (χ4n) is 4.24. The summed E-state index contributed by atoms with van der Waals surface area (Å²) in [6.07, 6.45) is -1.46. The number of para-hydroxylation sites is 2. The third-order valence-electron chi connectivity index (χ3n) is 6.53. The number of hydrogen-bond donors (Lipinski definition) is 4. The molecule has 2 amide bonds. The van der Waals surface area contributed by atoms with Gasteiger partial charge in [0.15, 0.2) is 0 Å². The van der Waals surface area contributed by atoms with Gasteiger partial charge in [-0.1, -0.05) is 36.4 Å². The number of alkyl halides is 3. The van der Waals surface area contributed by atoms with Crippen molar-refractivity contribution in [2.45, 2.75) is 12.2 Å². The number of hydrogen-bond acceptors (Lipinski definition) is 6. The number of carbonyl (C=O) groups is 2. The van der Waals surface area contributed by atoms with Crippen molar-refractivity contribution in [3.63, 3.8) is 0 Å². The van der Waals surface area contributed by atoms with Crippen LogP contribution in [0.5, 0.6) is 0 Å². The fraction of sp³-hybridized carbons (Fsp3) is 0.267. The molecule has 0 radical (unpaired) electrons. The van der Waals surface area contributed by atoms with E-state index in [0.717, 1.165) is 25.2 Å². The second-order valence-electron chi connectivity index (χ2n) is 9.47. The number of morpholine rings is 1. The number of nitrogens with zero attached hydrogens (tertiary/aromatic N) is 1. The Morgan fingerprint density at radius 1 is 0.976 bits per heavy atom. The minimum atomic E-state index is -4.46. The minimum absolute atomic E-state index is 0.318. The maximum atomic E-state index is 13.2. The highest BCUT2D eigenvalue weighted by Crippen LogP contribution is 2.30. The van der Waals surface area contributed by atoms with Crippen LogP contribution in [-0.2, 0) is 20.5 Å². The SMILES string of the molecule is Nc1ccccc1NC(=O)C=Cc1ccc(C(Nc2ccc(C(F)(F)F)cc2)C(=O)NCCN2CCOCC2)cc1. The van der Waals surface area contributed by atoms with Gasteiger partial charge in [-0.15, -0.1) is 0 Å². The standard InChI is InChI=1S/C30H32F3N5O3/c31-30(32,33)23-10-12-24(13-11-23)36-28(29(40)35-15-16-38-17-19-41-20-18-38)22-8-5-21(6-9-22)7-14-27(39)37-26-4-2-1-3-25(26)34/h1-14,28,36H,15-20,34H2,(H,35,40)(H,37,39). The van der Waals surface area contributed by atoms with Gasteiger partial charge in [0.1, 0.15) is 6.04 Å². The topological polar surface area (TPSA) is 109 Å². The Kier molecular flexibility index (Phi) is 9.99. The zero-order valence-electron chi connectivity index (χ0n) is 22.3. The number of rotatable bonds is 10. The van der Waals surface area contributed by atoms with Crippen molar-refractivity contribution in [3.05, 3.63) is 95.6 Å². The summed E-state index contributed by atoms with van der Waals surface area (Å²) >= 11 is 0. The summed E-state index contributed by atoms with van der Waals surface area (Å²) < 4.78 is 44.4. The molecule has 1 unspecified atom stereocenters. The zero-order chi connectivity index (χ0) is 29.2. The molecule has 8 nitrogen and oxygen atoms in total. The van der Waals surface area contributed by atoms with Crippen molar-refractivity contribution in [1.29, 1.82) is 0 Å². The van der Waals surface area contributed by atoms with Gasteiger partial charge in [-0.2, -0.15) is 13.2 Å². The molecule has 1 fully saturated rings. The molecule has 4 rings (SSSR count). The quantitative estimate of drug-likeness (QED) is 0.212. The van der Waals surface area contributed by atoms with E-state index in [4.69, 9.17) is 10.5 Å². The van der Waals surface area contributed by atoms with Crippen LogP contribution in [0.25, 0.3) is 6.08 Å². The molecule has 5 N–H and O–H groups in total. The molecule has 1 atom stereocenters. The van der Waals surface area contributed by atoms with E-state index in [1.54, 1.807) is 54.6 Å². The average molecular weight is 568 g/mol. The summed E-state index contributed by atoms with van der Waals surface area (Å²) in [7, 11) is 0. The molecule has 0 bridgehead atoms. The third kappa shape index (κ3) is 8.82. The molecule has 1 aliphatic heterocycles. The first kappa shape index (κ1) is 29.6. The molecule has 1 heterocycles. The lowest BCUT2D eigenvalue weighted by molar-refractivity contribution is -0.137. The predicted molar refractivity (Wildman–Crippen MR) is 153 cm³/mol. The van der Waals surface area contributed by atoms with Gasteiger partial charge >= 0.3 is 6.18 Å². The van der Waals surface area contributed by atoms with Gasteiger partial charge in [-0.3, -0.25) is 14.5 Å². The van der Waals surface area contributed by atoms with E-state index < -0.39 is 17.8 Å². The van der Waals surface area contributed by atoms with E-state index in [-0.39, 0.29) is 11.8 Å². The average Bonchev–Trinajstić information content (AvgIpc) is 2.97. The molecule has 0 aliphatic carbocycles. The van der Waals surface area contributed by atoms with Crippen LogP contribution in [-0.4, -0.2) is 56.1 Å². The van der Waals surface area contributed by atoms with Gasteiger partial charge in [0.05, 0.1) is 30.2 Å². The normalized spacial score (nSPS) is 14.9. The van der Waals surface area contributed by atoms with Crippen LogP contribution in [0.2, 0.25) is 0 Å². The molecular formula is C30H32F3N5O3. The van der Waals surface area contributed by atoms with Crippen LogP contribution < -0.4 is 21.7 Å². The van der Waals surface area contributed by atoms with Crippen LogP contribution in [0, 0.1) is 0 Å². The predicted octanol–water partition coefficient (Wildman–Crippen LogP) is 4.54. The second-order valence-corrected chi connectivity index (χ2v) is 9.47. The first-order valence-corrected chi connectivity index (χ1v) is 13.1. The van der Waals surface area contributed by atoms with E-state index in [1.807, 2.05) is 0 Å². The Bertz CT molecular complexity index is 1340. The Balaban J connectivity index is 1.44. The lowest BCUT2D eigenvalue weighted by Gasteiger charge is -2.27. The van der Waals surface area contributed by atoms with Crippen molar-refractivity contribution in [2.24, 2.45) is 0 Å². The molecular weight excluding hydrogens is 535 g/mol. The molecule has 1 aliphatic rings. The van der Waals surface area contributed by atoms with Gasteiger partial charge in [0.25, 0.3) is 0 Å². The summed E-state index contributed by atoms with van der Waals surface area (Å²) in [6, 6.07) is 17.6. The van der Waals surface area contributed by atoms with E-state index in [1.165, 1.54) is 18.2 Å². The van der Waals surface area contributed by atoms with Crippen molar-refractivity contribution < 1.29 is 27.5 Å². The Hall–Kier alpha value is -4.35. The fourth-order valence-corrected chi connectivity index (χ4v) is 4.24. The molecule has 41 heavy (non-hydrogen) atoms. The van der Waals surface area contributed by atoms with Crippen LogP contribution in [0.3, 0.4) is 0 Å². The largest absolute Gasteiger partial charge is 0.416 e. The van der Waals surface area contributed by atoms with E-state index >= 15 is 0 Å². The van der Waals surface area contributed by atoms with Crippen LogP contribution in [0.15, 0.2) is 78.9 Å². The Labute approximate surface area is 236 Å². The molecule has 3 aromatic carbocycles. The summed E-state index contributed by atoms with van der Waals surface area (Å²) in [6.45, 7) is 3.93. The number of nitrogens with two attached hydrogens (primary N) is 1. The Morgan fingerprint density at radius 2 is 1.66 bits per heavy atom. The van der Waals surface area contributed by atoms with Crippen molar-refractivity contribution >= 4 is 35.0 Å². The van der Waals surface area contributed by atoms with Crippen LogP contribution >= 0.6 is 0 Å². The maximum absolute atomic E-state index is 13.2. The molecule has 11 heteroatoms. The molecule has 0 aromatic heterocycles. The monoisotopic (exact) mass is 567 g/mol. The first-order chi connectivity index (χ1) is 19.7. The summed E-state index contributed by atoms with van der Waals surface area (Å²) in [5.41, 5.74) is 7.73. The number of amides is 2. The highest BCUT2D eigenvalue weighted by molar-refractivity contribution is 6.03. The van der Waals surface area contributed by atoms with Crippen LogP contribution in [0.4, 0.5) is 30.2 Å². The number of carbonyl (C=O) groups excluding carboxylic acids is 2. The maximum Gasteiger partial charge on any atom is 0.416 e. The summed E-state index contributed by atoms with van der Waals surface area (Å²) in [5.74, 6) is -0.672. The van der Waals surface area contributed by atoms with E-state index in [2.05, 4.69) is 20.9 Å². The lowest BCUT2D eigenvalue weighted by Crippen LogP contribution is -2.43. The number of nitrogens with one attached hydrogen (secondary N) is 3. The summed E-state index contributed by atoms with van der Waals surface area (Å²) in [5, 5.41) is 8.70. The van der Waals surface area contributed by atoms with E-state index in [9.17, 15) is 22.8 Å². The highest BCUT2D eigenvalue weighted by Gasteiger charge is 2.30. The summed E-state index contributed by atoms with van der Waals surface area (Å²) in [4.78, 5) is 27.7. The van der Waals surface area contributed by atoms with Crippen molar-refractivity contribution in [1.82, 2.24) is 10.2 Å². The molecule has 1 saturated heterocycles. The first-order valence-electron chi connectivity index (χ1n) is 13.1. The number of ether oxygens (including phenoxy) is 1. The van der Waals surface area contributed by atoms with Crippen molar-refractivity contribution in [3.8, 4) is 0 Å². The second kappa shape index (κ2) is 13.8. The lowest BCUT2D eigenvalue weighted by atomic mass is 10.0. The van der Waals surface area contributed by atoms with Gasteiger partial charge < -0.3 is 26.4 Å².